The summed E-state index contributed by atoms with van der Waals surface area (Å²) in [6, 6.07) is 1.09. The lowest BCUT2D eigenvalue weighted by molar-refractivity contribution is -0.138. The molecular formula is C12H16Cl2N2O3. The maximum absolute atomic E-state index is 12.4. The molecule has 0 bridgehead atoms. The number of carbonyl (C=O) groups excluding carboxylic acids is 1. The van der Waals surface area contributed by atoms with Gasteiger partial charge in [-0.15, -0.1) is 0 Å². The zero-order chi connectivity index (χ0) is 14.7. The molecule has 19 heavy (non-hydrogen) atoms. The highest BCUT2D eigenvalue weighted by Crippen LogP contribution is 2.26. The largest absolute Gasteiger partial charge is 0.481 e. The van der Waals surface area contributed by atoms with Gasteiger partial charge in [0.1, 0.15) is 10.8 Å². The molecule has 1 unspecified atom stereocenters. The molecular weight excluding hydrogens is 291 g/mol. The first-order valence-corrected chi connectivity index (χ1v) is 6.58. The van der Waals surface area contributed by atoms with Crippen LogP contribution in [0.4, 0.5) is 0 Å². The number of carbonyl (C=O) groups is 2. The molecule has 0 aliphatic heterocycles. The van der Waals surface area contributed by atoms with Gasteiger partial charge in [-0.3, -0.25) is 9.59 Å². The Hall–Kier alpha value is -1.20. The number of carboxylic acid groups (broad SMARTS) is 1. The summed E-state index contributed by atoms with van der Waals surface area (Å²) < 4.78 is 1.49. The minimum absolute atomic E-state index is 0.106. The summed E-state index contributed by atoms with van der Waals surface area (Å²) in [5.74, 6) is -1.23. The van der Waals surface area contributed by atoms with E-state index in [1.807, 2.05) is 0 Å². The molecule has 0 aromatic carbocycles. The standard InChI is InChI=1S/C12H16Cl2N2O3/c1-4-16(7(2)5-10(17)18)12(19)9-6-8(13)11(14)15(9)3/h6-7H,4-5H2,1-3H3,(H,17,18). The summed E-state index contributed by atoms with van der Waals surface area (Å²) in [5, 5.41) is 9.38. The lowest BCUT2D eigenvalue weighted by atomic mass is 10.2. The summed E-state index contributed by atoms with van der Waals surface area (Å²) in [7, 11) is 1.64. The van der Waals surface area contributed by atoms with Crippen molar-refractivity contribution in [2.75, 3.05) is 6.54 Å². The van der Waals surface area contributed by atoms with E-state index in [0.29, 0.717) is 17.3 Å². The maximum atomic E-state index is 12.4. The highest BCUT2D eigenvalue weighted by Gasteiger charge is 2.25. The Bertz CT molecular complexity index is 499. The van der Waals surface area contributed by atoms with E-state index in [2.05, 4.69) is 0 Å². The van der Waals surface area contributed by atoms with Crippen molar-refractivity contribution >= 4 is 35.1 Å². The lowest BCUT2D eigenvalue weighted by Crippen LogP contribution is -2.40. The topological polar surface area (TPSA) is 62.5 Å². The number of carboxylic acids is 1. The summed E-state index contributed by atoms with van der Waals surface area (Å²) in [6.07, 6.45) is -0.106. The van der Waals surface area contributed by atoms with Crippen LogP contribution < -0.4 is 0 Å². The quantitative estimate of drug-likeness (QED) is 0.909. The first kappa shape index (κ1) is 15.9. The second-order valence-corrected chi connectivity index (χ2v) is 5.03. The van der Waals surface area contributed by atoms with Crippen LogP contribution in [0.25, 0.3) is 0 Å². The maximum Gasteiger partial charge on any atom is 0.305 e. The number of rotatable bonds is 5. The number of amides is 1. The van der Waals surface area contributed by atoms with Crippen LogP contribution in [0.5, 0.6) is 0 Å². The Kier molecular flexibility index (Phi) is 5.26. The van der Waals surface area contributed by atoms with Gasteiger partial charge < -0.3 is 14.6 Å². The summed E-state index contributed by atoms with van der Waals surface area (Å²) in [6.45, 7) is 3.90. The molecule has 1 N–H and O–H groups in total. The summed E-state index contributed by atoms with van der Waals surface area (Å²) >= 11 is 11.8. The smallest absolute Gasteiger partial charge is 0.305 e. The number of hydrogen-bond acceptors (Lipinski definition) is 2. The number of hydrogen-bond donors (Lipinski definition) is 1. The van der Waals surface area contributed by atoms with Gasteiger partial charge >= 0.3 is 5.97 Å². The van der Waals surface area contributed by atoms with Crippen molar-refractivity contribution in [2.24, 2.45) is 7.05 Å². The van der Waals surface area contributed by atoms with E-state index in [0.717, 1.165) is 0 Å². The predicted octanol–water partition coefficient (Wildman–Crippen LogP) is 2.66. The Morgan fingerprint density at radius 3 is 2.42 bits per heavy atom. The van der Waals surface area contributed by atoms with E-state index in [4.69, 9.17) is 28.3 Å². The van der Waals surface area contributed by atoms with Gasteiger partial charge in [-0.05, 0) is 19.9 Å². The van der Waals surface area contributed by atoms with Crippen LogP contribution in [0.15, 0.2) is 6.07 Å². The van der Waals surface area contributed by atoms with Crippen molar-refractivity contribution < 1.29 is 14.7 Å². The van der Waals surface area contributed by atoms with Crippen LogP contribution in [-0.4, -0.2) is 39.0 Å². The highest BCUT2D eigenvalue weighted by atomic mass is 35.5. The molecule has 0 fully saturated rings. The Morgan fingerprint density at radius 1 is 1.47 bits per heavy atom. The average molecular weight is 307 g/mol. The zero-order valence-corrected chi connectivity index (χ0v) is 12.5. The predicted molar refractivity (Wildman–Crippen MR) is 73.9 cm³/mol. The lowest BCUT2D eigenvalue weighted by Gasteiger charge is -2.27. The molecule has 1 atom stereocenters. The number of aliphatic carboxylic acids is 1. The summed E-state index contributed by atoms with van der Waals surface area (Å²) in [4.78, 5) is 24.6. The van der Waals surface area contributed by atoms with Gasteiger partial charge in [0.15, 0.2) is 0 Å². The molecule has 1 aromatic heterocycles. The SMILES string of the molecule is CCN(C(=O)c1cc(Cl)c(Cl)n1C)C(C)CC(=O)O. The number of nitrogens with zero attached hydrogens (tertiary/aromatic N) is 2. The third-order valence-corrected chi connectivity index (χ3v) is 3.78. The van der Waals surface area contributed by atoms with Gasteiger partial charge in [0.2, 0.25) is 0 Å². The van der Waals surface area contributed by atoms with Crippen LogP contribution in [0.2, 0.25) is 10.2 Å². The molecule has 1 heterocycles. The van der Waals surface area contributed by atoms with Crippen molar-refractivity contribution in [3.05, 3.63) is 21.9 Å². The molecule has 0 aliphatic carbocycles. The van der Waals surface area contributed by atoms with Crippen LogP contribution in [0.1, 0.15) is 30.8 Å². The number of halogens is 2. The highest BCUT2D eigenvalue weighted by molar-refractivity contribution is 6.41. The fraction of sp³-hybridized carbons (Fsp3) is 0.500. The summed E-state index contributed by atoms with van der Waals surface area (Å²) in [5.41, 5.74) is 0.342. The molecule has 106 valence electrons. The molecule has 1 aromatic rings. The molecule has 0 saturated heterocycles. The van der Waals surface area contributed by atoms with E-state index >= 15 is 0 Å². The Balaban J connectivity index is 3.01. The molecule has 7 heteroatoms. The molecule has 0 saturated carbocycles. The monoisotopic (exact) mass is 306 g/mol. The van der Waals surface area contributed by atoms with Gasteiger partial charge in [-0.2, -0.15) is 0 Å². The van der Waals surface area contributed by atoms with E-state index < -0.39 is 12.0 Å². The molecule has 1 rings (SSSR count). The van der Waals surface area contributed by atoms with Crippen molar-refractivity contribution in [3.63, 3.8) is 0 Å². The molecule has 0 spiro atoms. The average Bonchev–Trinajstić information content (AvgIpc) is 2.56. The van der Waals surface area contributed by atoms with Gasteiger partial charge in [0, 0.05) is 19.6 Å². The minimum Gasteiger partial charge on any atom is -0.481 e. The third kappa shape index (κ3) is 3.42. The molecule has 5 nitrogen and oxygen atoms in total. The van der Waals surface area contributed by atoms with E-state index in [9.17, 15) is 9.59 Å². The fourth-order valence-electron chi connectivity index (χ4n) is 1.91. The van der Waals surface area contributed by atoms with Crippen LogP contribution in [0, 0.1) is 0 Å². The van der Waals surface area contributed by atoms with E-state index in [1.54, 1.807) is 20.9 Å². The first-order valence-electron chi connectivity index (χ1n) is 5.83. The zero-order valence-electron chi connectivity index (χ0n) is 11.0. The number of aromatic nitrogens is 1. The second-order valence-electron chi connectivity index (χ2n) is 4.27. The van der Waals surface area contributed by atoms with E-state index in [-0.39, 0.29) is 17.5 Å². The molecule has 1 amide bonds. The van der Waals surface area contributed by atoms with Gasteiger partial charge in [0.25, 0.3) is 5.91 Å². The van der Waals surface area contributed by atoms with Crippen LogP contribution in [-0.2, 0) is 11.8 Å². The van der Waals surface area contributed by atoms with Gasteiger partial charge in [0.05, 0.1) is 11.4 Å². The van der Waals surface area contributed by atoms with Gasteiger partial charge in [-0.1, -0.05) is 23.2 Å². The van der Waals surface area contributed by atoms with Crippen LogP contribution in [0.3, 0.4) is 0 Å². The molecule has 0 aliphatic rings. The third-order valence-electron chi connectivity index (χ3n) is 2.94. The van der Waals surface area contributed by atoms with E-state index in [1.165, 1.54) is 15.5 Å². The van der Waals surface area contributed by atoms with Crippen molar-refractivity contribution in [1.29, 1.82) is 0 Å². The fourth-order valence-corrected chi connectivity index (χ4v) is 2.29. The Morgan fingerprint density at radius 2 is 2.05 bits per heavy atom. The van der Waals surface area contributed by atoms with Crippen molar-refractivity contribution in [2.45, 2.75) is 26.3 Å². The molecule has 0 radical (unpaired) electrons. The normalized spacial score (nSPS) is 12.3. The first-order chi connectivity index (χ1) is 8.79. The van der Waals surface area contributed by atoms with Crippen molar-refractivity contribution in [1.82, 2.24) is 9.47 Å². The van der Waals surface area contributed by atoms with Crippen LogP contribution >= 0.6 is 23.2 Å². The van der Waals surface area contributed by atoms with Gasteiger partial charge in [-0.25, -0.2) is 0 Å². The van der Waals surface area contributed by atoms with Crippen molar-refractivity contribution in [3.8, 4) is 0 Å². The second kappa shape index (κ2) is 6.30. The minimum atomic E-state index is -0.943. The Labute approximate surface area is 121 Å².